The van der Waals surface area contributed by atoms with Crippen LogP contribution in [0.15, 0.2) is 30.5 Å². The van der Waals surface area contributed by atoms with Crippen molar-refractivity contribution in [3.8, 4) is 0 Å². The quantitative estimate of drug-likeness (QED) is 0.786. The number of halogens is 3. The van der Waals surface area contributed by atoms with Gasteiger partial charge in [0.05, 0.1) is 18.1 Å². The van der Waals surface area contributed by atoms with Crippen LogP contribution in [0.5, 0.6) is 0 Å². The van der Waals surface area contributed by atoms with Crippen molar-refractivity contribution in [2.45, 2.75) is 57.9 Å². The summed E-state index contributed by atoms with van der Waals surface area (Å²) in [6, 6.07) is 6.49. The normalized spacial score (nSPS) is 24.4. The van der Waals surface area contributed by atoms with Crippen molar-refractivity contribution in [1.82, 2.24) is 15.2 Å². The Kier molecular flexibility index (Phi) is 4.36. The van der Waals surface area contributed by atoms with Gasteiger partial charge in [0.25, 0.3) is 0 Å². The van der Waals surface area contributed by atoms with E-state index in [9.17, 15) is 18.0 Å². The Labute approximate surface area is 161 Å². The monoisotopic (exact) mass is 389 g/mol. The minimum Gasteiger partial charge on any atom is -0.329 e. The topological polar surface area (TPSA) is 45.2 Å². The van der Waals surface area contributed by atoms with E-state index < -0.39 is 11.9 Å². The van der Waals surface area contributed by atoms with Crippen molar-refractivity contribution in [1.29, 1.82) is 0 Å². The van der Waals surface area contributed by atoms with E-state index in [0.717, 1.165) is 29.2 Å². The number of alkyl halides is 3. The van der Waals surface area contributed by atoms with Crippen LogP contribution in [0.2, 0.25) is 0 Å². The number of carbonyl (C=O) groups is 1. The fourth-order valence-electron chi connectivity index (χ4n) is 4.61. The van der Waals surface area contributed by atoms with Crippen molar-refractivity contribution in [3.05, 3.63) is 64.0 Å². The number of aryl methyl sites for hydroxylation is 3. The van der Waals surface area contributed by atoms with Gasteiger partial charge in [0.15, 0.2) is 0 Å². The number of urea groups is 1. The molecular weight excluding hydrogens is 367 g/mol. The summed E-state index contributed by atoms with van der Waals surface area (Å²) >= 11 is 0. The summed E-state index contributed by atoms with van der Waals surface area (Å²) in [5, 5.41) is 3.04. The second-order valence-corrected chi connectivity index (χ2v) is 7.84. The van der Waals surface area contributed by atoms with Crippen LogP contribution in [0, 0.1) is 20.8 Å². The molecule has 2 aromatic rings. The van der Waals surface area contributed by atoms with Crippen LogP contribution < -0.4 is 5.32 Å². The van der Waals surface area contributed by atoms with E-state index in [2.05, 4.69) is 28.5 Å². The molecule has 2 fully saturated rings. The summed E-state index contributed by atoms with van der Waals surface area (Å²) in [6.45, 7) is 5.77. The molecule has 28 heavy (non-hydrogen) atoms. The first-order valence-corrected chi connectivity index (χ1v) is 9.36. The Morgan fingerprint density at radius 2 is 1.75 bits per heavy atom. The standard InChI is InChI=1S/C21H22F3N3O/c1-11-6-12(2)8-14(7-11)19-17-5-4-16(27(17)20(28)26-19)15-9-18(21(22,23)24)25-10-13(15)3/h6-10,16-17,19H,4-5H2,1-3H3,(H,26,28)/t16-,17-,19+/m0/s1. The van der Waals surface area contributed by atoms with Crippen LogP contribution in [-0.2, 0) is 6.18 Å². The smallest absolute Gasteiger partial charge is 0.329 e. The number of nitrogens with zero attached hydrogens (tertiary/aromatic N) is 2. The third-order valence-corrected chi connectivity index (χ3v) is 5.72. The molecule has 0 radical (unpaired) electrons. The average molecular weight is 389 g/mol. The highest BCUT2D eigenvalue weighted by molar-refractivity contribution is 5.79. The molecule has 3 heterocycles. The molecular formula is C21H22F3N3O. The van der Waals surface area contributed by atoms with Crippen LogP contribution in [0.4, 0.5) is 18.0 Å². The number of aromatic nitrogens is 1. The van der Waals surface area contributed by atoms with Crippen molar-refractivity contribution < 1.29 is 18.0 Å². The average Bonchev–Trinajstić information content (AvgIpc) is 3.15. The lowest BCUT2D eigenvalue weighted by atomic mass is 9.95. The van der Waals surface area contributed by atoms with Crippen molar-refractivity contribution in [3.63, 3.8) is 0 Å². The fourth-order valence-corrected chi connectivity index (χ4v) is 4.61. The molecule has 3 atom stereocenters. The zero-order valence-corrected chi connectivity index (χ0v) is 16.0. The SMILES string of the molecule is Cc1cc(C)cc([C@H]2NC(=O)N3[C@H](c4cc(C(F)(F)F)ncc4C)CC[C@@H]23)c1. The molecule has 4 rings (SSSR count). The lowest BCUT2D eigenvalue weighted by Gasteiger charge is -2.26. The maximum atomic E-state index is 13.1. The van der Waals surface area contributed by atoms with Gasteiger partial charge in [-0.25, -0.2) is 4.79 Å². The molecule has 148 valence electrons. The summed E-state index contributed by atoms with van der Waals surface area (Å²) in [6.07, 6.45) is -1.87. The zero-order valence-electron chi connectivity index (χ0n) is 16.0. The number of fused-ring (bicyclic) bond motifs is 1. The number of hydrogen-bond acceptors (Lipinski definition) is 2. The summed E-state index contributed by atoms with van der Waals surface area (Å²) < 4.78 is 39.4. The van der Waals surface area contributed by atoms with Gasteiger partial charge in [0.2, 0.25) is 0 Å². The van der Waals surface area contributed by atoms with E-state index in [-0.39, 0.29) is 24.2 Å². The third-order valence-electron chi connectivity index (χ3n) is 5.72. The fraction of sp³-hybridized carbons (Fsp3) is 0.429. The molecule has 1 aromatic carbocycles. The van der Waals surface area contributed by atoms with Gasteiger partial charge in [-0.2, -0.15) is 13.2 Å². The van der Waals surface area contributed by atoms with Crippen molar-refractivity contribution in [2.75, 3.05) is 0 Å². The highest BCUT2D eigenvalue weighted by atomic mass is 19.4. The van der Waals surface area contributed by atoms with E-state index in [0.29, 0.717) is 17.5 Å². The number of amides is 2. The molecule has 1 N–H and O–H groups in total. The molecule has 0 saturated carbocycles. The Hall–Kier alpha value is -2.57. The molecule has 7 heteroatoms. The molecule has 4 nitrogen and oxygen atoms in total. The third kappa shape index (κ3) is 3.12. The Morgan fingerprint density at radius 1 is 1.07 bits per heavy atom. The molecule has 0 unspecified atom stereocenters. The molecule has 2 saturated heterocycles. The largest absolute Gasteiger partial charge is 0.433 e. The number of rotatable bonds is 2. The van der Waals surface area contributed by atoms with Crippen molar-refractivity contribution >= 4 is 6.03 Å². The van der Waals surface area contributed by atoms with Gasteiger partial charge in [0, 0.05) is 6.20 Å². The number of nitrogens with one attached hydrogen (secondary N) is 1. The molecule has 2 amide bonds. The van der Waals surface area contributed by atoms with Crippen LogP contribution in [0.1, 0.15) is 58.4 Å². The Balaban J connectivity index is 1.69. The molecule has 0 spiro atoms. The lowest BCUT2D eigenvalue weighted by molar-refractivity contribution is -0.141. The summed E-state index contributed by atoms with van der Waals surface area (Å²) in [5.41, 5.74) is 3.57. The van der Waals surface area contributed by atoms with Crippen LogP contribution in [0.25, 0.3) is 0 Å². The van der Waals surface area contributed by atoms with Crippen LogP contribution >= 0.6 is 0 Å². The number of carbonyl (C=O) groups excluding carboxylic acids is 1. The number of hydrogen-bond donors (Lipinski definition) is 1. The van der Waals surface area contributed by atoms with Crippen molar-refractivity contribution in [2.24, 2.45) is 0 Å². The maximum absolute atomic E-state index is 13.1. The molecule has 1 aromatic heterocycles. The van der Waals surface area contributed by atoms with E-state index in [4.69, 9.17) is 0 Å². The number of benzene rings is 1. The minimum atomic E-state index is -4.50. The van der Waals surface area contributed by atoms with Crippen LogP contribution in [0.3, 0.4) is 0 Å². The number of pyridine rings is 1. The van der Waals surface area contributed by atoms with Gasteiger partial charge in [-0.1, -0.05) is 29.3 Å². The molecule has 2 aliphatic rings. The first-order valence-electron chi connectivity index (χ1n) is 9.36. The lowest BCUT2D eigenvalue weighted by Crippen LogP contribution is -2.32. The van der Waals surface area contributed by atoms with E-state index in [1.165, 1.54) is 6.20 Å². The van der Waals surface area contributed by atoms with E-state index in [1.54, 1.807) is 11.8 Å². The molecule has 0 aliphatic carbocycles. The second-order valence-electron chi connectivity index (χ2n) is 7.84. The predicted molar refractivity (Wildman–Crippen MR) is 98.8 cm³/mol. The van der Waals surface area contributed by atoms with Gasteiger partial charge in [-0.3, -0.25) is 4.98 Å². The van der Waals surface area contributed by atoms with Gasteiger partial charge < -0.3 is 10.2 Å². The maximum Gasteiger partial charge on any atom is 0.433 e. The summed E-state index contributed by atoms with van der Waals surface area (Å²) in [7, 11) is 0. The van der Waals surface area contributed by atoms with E-state index in [1.807, 2.05) is 13.8 Å². The molecule has 0 bridgehead atoms. The highest BCUT2D eigenvalue weighted by Crippen LogP contribution is 2.46. The minimum absolute atomic E-state index is 0.0689. The molecule has 2 aliphatic heterocycles. The van der Waals surface area contributed by atoms with Crippen LogP contribution in [-0.4, -0.2) is 22.0 Å². The van der Waals surface area contributed by atoms with Gasteiger partial charge in [0.1, 0.15) is 5.69 Å². The highest BCUT2D eigenvalue weighted by Gasteiger charge is 2.48. The first-order chi connectivity index (χ1) is 13.1. The Morgan fingerprint density at radius 3 is 2.39 bits per heavy atom. The summed E-state index contributed by atoms with van der Waals surface area (Å²) in [4.78, 5) is 18.0. The Bertz CT molecular complexity index is 921. The first kappa shape index (κ1) is 18.8. The predicted octanol–water partition coefficient (Wildman–Crippen LogP) is 5.00. The van der Waals surface area contributed by atoms with Gasteiger partial charge >= 0.3 is 12.2 Å². The van der Waals surface area contributed by atoms with Gasteiger partial charge in [-0.05, 0) is 56.4 Å². The second kappa shape index (κ2) is 6.50. The van der Waals surface area contributed by atoms with Gasteiger partial charge in [-0.15, -0.1) is 0 Å². The summed E-state index contributed by atoms with van der Waals surface area (Å²) in [5.74, 6) is 0. The van der Waals surface area contributed by atoms with E-state index >= 15 is 0 Å². The zero-order chi connectivity index (χ0) is 20.2.